The average molecular weight is 289 g/mol. The first-order valence-electron chi connectivity index (χ1n) is 5.83. The lowest BCUT2D eigenvalue weighted by molar-refractivity contribution is 0.522. The molecule has 0 amide bonds. The number of hydrogen-bond donors (Lipinski definition) is 2. The molecular formula is C12H21BrN2O. The summed E-state index contributed by atoms with van der Waals surface area (Å²) in [5.41, 5.74) is 1.18. The van der Waals surface area contributed by atoms with Crippen LogP contribution in [-0.2, 0) is 6.54 Å². The Morgan fingerprint density at radius 3 is 2.69 bits per heavy atom. The van der Waals surface area contributed by atoms with Crippen LogP contribution in [-0.4, -0.2) is 19.6 Å². The van der Waals surface area contributed by atoms with E-state index in [4.69, 9.17) is 4.42 Å². The average Bonchev–Trinajstić information content (AvgIpc) is 2.62. The van der Waals surface area contributed by atoms with Crippen LogP contribution in [0.4, 0.5) is 0 Å². The van der Waals surface area contributed by atoms with Gasteiger partial charge in [-0.25, -0.2) is 0 Å². The van der Waals surface area contributed by atoms with Crippen molar-refractivity contribution in [2.24, 2.45) is 5.92 Å². The van der Waals surface area contributed by atoms with Gasteiger partial charge in [-0.05, 0) is 54.0 Å². The number of rotatable bonds is 8. The molecule has 16 heavy (non-hydrogen) atoms. The Morgan fingerprint density at radius 2 is 2.06 bits per heavy atom. The Labute approximate surface area is 106 Å². The highest BCUT2D eigenvalue weighted by atomic mass is 79.9. The molecule has 1 aromatic rings. The second-order valence-corrected chi connectivity index (χ2v) is 5.07. The molecule has 1 heterocycles. The minimum absolute atomic E-state index is 0.731. The molecule has 0 spiro atoms. The molecule has 0 bridgehead atoms. The molecule has 0 saturated heterocycles. The normalized spacial score (nSPS) is 11.2. The molecule has 0 aromatic carbocycles. The molecule has 1 rings (SSSR count). The van der Waals surface area contributed by atoms with Crippen LogP contribution in [0.2, 0.25) is 0 Å². The van der Waals surface area contributed by atoms with E-state index in [1.54, 1.807) is 6.26 Å². The quantitative estimate of drug-likeness (QED) is 0.723. The van der Waals surface area contributed by atoms with Crippen molar-refractivity contribution >= 4 is 15.9 Å². The van der Waals surface area contributed by atoms with E-state index >= 15 is 0 Å². The predicted octanol–water partition coefficient (Wildman–Crippen LogP) is 2.77. The summed E-state index contributed by atoms with van der Waals surface area (Å²) >= 11 is 3.36. The summed E-state index contributed by atoms with van der Waals surface area (Å²) in [6.45, 7) is 8.53. The van der Waals surface area contributed by atoms with E-state index in [0.29, 0.717) is 0 Å². The predicted molar refractivity (Wildman–Crippen MR) is 70.4 cm³/mol. The number of hydrogen-bond acceptors (Lipinski definition) is 3. The lowest BCUT2D eigenvalue weighted by Crippen LogP contribution is -2.24. The number of nitrogens with one attached hydrogen (secondary N) is 2. The van der Waals surface area contributed by atoms with Crippen molar-refractivity contribution in [3.63, 3.8) is 0 Å². The van der Waals surface area contributed by atoms with Crippen molar-refractivity contribution in [2.75, 3.05) is 19.6 Å². The fourth-order valence-corrected chi connectivity index (χ4v) is 1.78. The summed E-state index contributed by atoms with van der Waals surface area (Å²) in [5.74, 6) is 0.731. The highest BCUT2D eigenvalue weighted by molar-refractivity contribution is 9.10. The van der Waals surface area contributed by atoms with Gasteiger partial charge in [-0.3, -0.25) is 0 Å². The highest BCUT2D eigenvalue weighted by Crippen LogP contribution is 2.16. The SMILES string of the molecule is CC(C)CNCCCNCc1ccoc1Br. The fraction of sp³-hybridized carbons (Fsp3) is 0.667. The number of furan rings is 1. The fourth-order valence-electron chi connectivity index (χ4n) is 1.40. The Bertz CT molecular complexity index is 286. The molecule has 4 heteroatoms. The van der Waals surface area contributed by atoms with Gasteiger partial charge in [-0.15, -0.1) is 0 Å². The topological polar surface area (TPSA) is 37.2 Å². The molecule has 0 fully saturated rings. The molecular weight excluding hydrogens is 268 g/mol. The van der Waals surface area contributed by atoms with Crippen LogP contribution >= 0.6 is 15.9 Å². The second kappa shape index (κ2) is 7.87. The third-order valence-corrected chi connectivity index (χ3v) is 2.96. The van der Waals surface area contributed by atoms with Gasteiger partial charge in [0.05, 0.1) is 6.26 Å². The van der Waals surface area contributed by atoms with Gasteiger partial charge in [0.25, 0.3) is 0 Å². The van der Waals surface area contributed by atoms with Crippen molar-refractivity contribution < 1.29 is 4.42 Å². The minimum atomic E-state index is 0.731. The van der Waals surface area contributed by atoms with Gasteiger partial charge in [0.1, 0.15) is 0 Å². The molecule has 0 atom stereocenters. The maximum atomic E-state index is 5.15. The minimum Gasteiger partial charge on any atom is -0.457 e. The second-order valence-electron chi connectivity index (χ2n) is 4.35. The van der Waals surface area contributed by atoms with Gasteiger partial charge in [0, 0.05) is 12.1 Å². The van der Waals surface area contributed by atoms with E-state index in [9.17, 15) is 0 Å². The smallest absolute Gasteiger partial charge is 0.173 e. The monoisotopic (exact) mass is 288 g/mol. The van der Waals surface area contributed by atoms with Gasteiger partial charge < -0.3 is 15.1 Å². The van der Waals surface area contributed by atoms with Gasteiger partial charge in [-0.1, -0.05) is 13.8 Å². The summed E-state index contributed by atoms with van der Waals surface area (Å²) in [6, 6.07) is 1.98. The molecule has 2 N–H and O–H groups in total. The molecule has 1 aromatic heterocycles. The maximum absolute atomic E-state index is 5.15. The highest BCUT2D eigenvalue weighted by Gasteiger charge is 2.01. The van der Waals surface area contributed by atoms with Crippen molar-refractivity contribution in [2.45, 2.75) is 26.8 Å². The van der Waals surface area contributed by atoms with Gasteiger partial charge in [0.2, 0.25) is 0 Å². The third-order valence-electron chi connectivity index (χ3n) is 2.27. The summed E-state index contributed by atoms with van der Waals surface area (Å²) in [5, 5.41) is 6.81. The van der Waals surface area contributed by atoms with E-state index in [-0.39, 0.29) is 0 Å². The molecule has 0 aliphatic rings. The van der Waals surface area contributed by atoms with E-state index in [1.165, 1.54) is 5.56 Å². The van der Waals surface area contributed by atoms with E-state index in [0.717, 1.165) is 43.2 Å². The maximum Gasteiger partial charge on any atom is 0.173 e. The molecule has 0 aliphatic carbocycles. The lowest BCUT2D eigenvalue weighted by Gasteiger charge is -2.07. The standard InChI is InChI=1S/C12H21BrN2O/c1-10(2)8-14-5-3-6-15-9-11-4-7-16-12(11)13/h4,7,10,14-15H,3,5-6,8-9H2,1-2H3. The van der Waals surface area contributed by atoms with Crippen molar-refractivity contribution in [3.8, 4) is 0 Å². The Hall–Kier alpha value is -0.320. The van der Waals surface area contributed by atoms with E-state index < -0.39 is 0 Å². The molecule has 3 nitrogen and oxygen atoms in total. The van der Waals surface area contributed by atoms with Crippen molar-refractivity contribution in [3.05, 3.63) is 22.6 Å². The third kappa shape index (κ3) is 5.68. The van der Waals surface area contributed by atoms with Crippen LogP contribution in [0.5, 0.6) is 0 Å². The molecule has 92 valence electrons. The lowest BCUT2D eigenvalue weighted by atomic mass is 10.2. The van der Waals surface area contributed by atoms with Gasteiger partial charge in [0.15, 0.2) is 4.67 Å². The summed E-state index contributed by atoms with van der Waals surface area (Å²) in [6.07, 6.45) is 2.85. The zero-order valence-electron chi connectivity index (χ0n) is 10.1. The van der Waals surface area contributed by atoms with E-state index in [1.807, 2.05) is 6.07 Å². The van der Waals surface area contributed by atoms with Gasteiger partial charge in [-0.2, -0.15) is 0 Å². The summed E-state index contributed by atoms with van der Waals surface area (Å²) in [7, 11) is 0. The van der Waals surface area contributed by atoms with Crippen LogP contribution < -0.4 is 10.6 Å². The zero-order valence-corrected chi connectivity index (χ0v) is 11.6. The van der Waals surface area contributed by atoms with Crippen LogP contribution in [0.3, 0.4) is 0 Å². The molecule has 0 aliphatic heterocycles. The summed E-state index contributed by atoms with van der Waals surface area (Å²) in [4.78, 5) is 0. The van der Waals surface area contributed by atoms with Crippen LogP contribution in [0, 0.1) is 5.92 Å². The molecule has 0 saturated carbocycles. The molecule has 0 unspecified atom stereocenters. The Kier molecular flexibility index (Phi) is 6.76. The first-order valence-corrected chi connectivity index (χ1v) is 6.62. The van der Waals surface area contributed by atoms with Crippen LogP contribution in [0.1, 0.15) is 25.8 Å². The van der Waals surface area contributed by atoms with Crippen LogP contribution in [0.25, 0.3) is 0 Å². The van der Waals surface area contributed by atoms with Crippen molar-refractivity contribution in [1.29, 1.82) is 0 Å². The zero-order chi connectivity index (χ0) is 11.8. The first kappa shape index (κ1) is 13.7. The number of halogens is 1. The Balaban J connectivity index is 1.94. The van der Waals surface area contributed by atoms with Gasteiger partial charge >= 0.3 is 0 Å². The van der Waals surface area contributed by atoms with Crippen LogP contribution in [0.15, 0.2) is 21.4 Å². The Morgan fingerprint density at radius 1 is 1.31 bits per heavy atom. The largest absolute Gasteiger partial charge is 0.457 e. The molecule has 0 radical (unpaired) electrons. The summed E-state index contributed by atoms with van der Waals surface area (Å²) < 4.78 is 5.98. The van der Waals surface area contributed by atoms with E-state index in [2.05, 4.69) is 40.4 Å². The van der Waals surface area contributed by atoms with Crippen molar-refractivity contribution in [1.82, 2.24) is 10.6 Å². The first-order chi connectivity index (χ1) is 7.70.